The Bertz CT molecular complexity index is 680. The average molecular weight is 348 g/mol. The lowest BCUT2D eigenvalue weighted by Crippen LogP contribution is -2.48. The minimum absolute atomic E-state index is 0.0680. The van der Waals surface area contributed by atoms with Crippen molar-refractivity contribution >= 4 is 35.5 Å². The lowest BCUT2D eigenvalue weighted by Gasteiger charge is -2.34. The molecule has 1 N–H and O–H groups in total. The Morgan fingerprint density at radius 1 is 1.21 bits per heavy atom. The highest BCUT2D eigenvalue weighted by Crippen LogP contribution is 2.20. The number of nitrogens with one attached hydrogen (secondary N) is 1. The molecule has 0 atom stereocenters. The number of piperidine rings is 1. The minimum atomic E-state index is -0.330. The zero-order valence-electron chi connectivity index (χ0n) is 13.1. The summed E-state index contributed by atoms with van der Waals surface area (Å²) in [5.41, 5.74) is 0.793. The number of urea groups is 1. The van der Waals surface area contributed by atoms with Crippen LogP contribution in [0.15, 0.2) is 30.3 Å². The fraction of sp³-hybridized carbons (Fsp3) is 0.353. The molecule has 6 nitrogen and oxygen atoms in total. The Hall–Kier alpha value is -2.34. The van der Waals surface area contributed by atoms with E-state index in [0.29, 0.717) is 31.0 Å². The van der Waals surface area contributed by atoms with Crippen LogP contribution < -0.4 is 5.32 Å². The van der Waals surface area contributed by atoms with Crippen molar-refractivity contribution in [3.8, 4) is 0 Å². The van der Waals surface area contributed by atoms with Gasteiger partial charge >= 0.3 is 6.03 Å². The predicted octanol–water partition coefficient (Wildman–Crippen LogP) is 1.90. The first-order valence-corrected chi connectivity index (χ1v) is 8.25. The van der Waals surface area contributed by atoms with Gasteiger partial charge in [-0.15, -0.1) is 0 Å². The number of halogens is 1. The van der Waals surface area contributed by atoms with Crippen molar-refractivity contribution in [2.75, 3.05) is 19.6 Å². The fourth-order valence-corrected chi connectivity index (χ4v) is 3.22. The van der Waals surface area contributed by atoms with Crippen LogP contribution in [0.2, 0.25) is 5.02 Å². The number of imide groups is 1. The summed E-state index contributed by atoms with van der Waals surface area (Å²) < 4.78 is 0. The number of likely N-dealkylation sites (tertiary alicyclic amines) is 1. The third-order valence-corrected chi connectivity index (χ3v) is 4.67. The van der Waals surface area contributed by atoms with E-state index in [1.165, 1.54) is 11.0 Å². The summed E-state index contributed by atoms with van der Waals surface area (Å²) in [4.78, 5) is 38.7. The molecule has 1 aromatic carbocycles. The van der Waals surface area contributed by atoms with E-state index in [1.807, 2.05) is 18.2 Å². The molecule has 2 aliphatic rings. The maximum atomic E-state index is 12.3. The van der Waals surface area contributed by atoms with Crippen LogP contribution in [0.4, 0.5) is 4.79 Å². The summed E-state index contributed by atoms with van der Waals surface area (Å²) in [6, 6.07) is 6.85. The standard InChI is InChI=1S/C17H18ClN3O3/c18-14-4-2-1-3-12(14)5-6-15(22)20-9-7-13(8-10-20)21-16(23)11-19-17(21)24/h1-6,13H,7-11H2,(H,19,24)/b6-5+. The molecule has 0 saturated carbocycles. The van der Waals surface area contributed by atoms with Gasteiger partial charge in [0.2, 0.25) is 11.8 Å². The Morgan fingerprint density at radius 3 is 2.54 bits per heavy atom. The molecule has 0 radical (unpaired) electrons. The topological polar surface area (TPSA) is 69.7 Å². The minimum Gasteiger partial charge on any atom is -0.339 e. The van der Waals surface area contributed by atoms with Crippen LogP contribution in [0.25, 0.3) is 6.08 Å². The molecule has 4 amide bonds. The summed E-state index contributed by atoms with van der Waals surface area (Å²) in [6.45, 7) is 1.11. The quantitative estimate of drug-likeness (QED) is 0.670. The molecular formula is C17H18ClN3O3. The highest BCUT2D eigenvalue weighted by atomic mass is 35.5. The third kappa shape index (κ3) is 3.43. The van der Waals surface area contributed by atoms with Crippen LogP contribution in [0, 0.1) is 0 Å². The van der Waals surface area contributed by atoms with Crippen LogP contribution in [-0.2, 0) is 9.59 Å². The summed E-state index contributed by atoms with van der Waals surface area (Å²) in [7, 11) is 0. The molecule has 0 spiro atoms. The number of nitrogens with zero attached hydrogens (tertiary/aromatic N) is 2. The number of carbonyl (C=O) groups is 3. The van der Waals surface area contributed by atoms with Gasteiger partial charge in [0.1, 0.15) is 0 Å². The van der Waals surface area contributed by atoms with E-state index in [4.69, 9.17) is 11.6 Å². The van der Waals surface area contributed by atoms with E-state index in [0.717, 1.165) is 5.56 Å². The van der Waals surface area contributed by atoms with E-state index in [-0.39, 0.29) is 30.4 Å². The van der Waals surface area contributed by atoms with E-state index in [2.05, 4.69) is 5.32 Å². The van der Waals surface area contributed by atoms with Crippen molar-refractivity contribution in [1.82, 2.24) is 15.1 Å². The van der Waals surface area contributed by atoms with E-state index in [1.54, 1.807) is 17.0 Å². The van der Waals surface area contributed by atoms with Crippen molar-refractivity contribution in [3.63, 3.8) is 0 Å². The zero-order valence-corrected chi connectivity index (χ0v) is 13.8. The molecule has 0 bridgehead atoms. The van der Waals surface area contributed by atoms with Crippen molar-refractivity contribution in [3.05, 3.63) is 40.9 Å². The molecule has 0 unspecified atom stereocenters. The first kappa shape index (κ1) is 16.5. The van der Waals surface area contributed by atoms with Gasteiger partial charge in [0.05, 0.1) is 6.54 Å². The fourth-order valence-electron chi connectivity index (χ4n) is 3.03. The smallest absolute Gasteiger partial charge is 0.324 e. The SMILES string of the molecule is O=C(/C=C/c1ccccc1Cl)N1CCC(N2C(=O)CNC2=O)CC1. The molecule has 1 aromatic rings. The maximum Gasteiger partial charge on any atom is 0.324 e. The van der Waals surface area contributed by atoms with Gasteiger partial charge in [-0.25, -0.2) is 4.79 Å². The molecule has 24 heavy (non-hydrogen) atoms. The van der Waals surface area contributed by atoms with Crippen LogP contribution in [0.5, 0.6) is 0 Å². The maximum absolute atomic E-state index is 12.3. The van der Waals surface area contributed by atoms with Crippen molar-refractivity contribution in [1.29, 1.82) is 0 Å². The molecule has 2 saturated heterocycles. The highest BCUT2D eigenvalue weighted by Gasteiger charge is 2.36. The monoisotopic (exact) mass is 347 g/mol. The normalized spacial score (nSPS) is 19.2. The lowest BCUT2D eigenvalue weighted by atomic mass is 10.0. The zero-order chi connectivity index (χ0) is 17.1. The van der Waals surface area contributed by atoms with Gasteiger partial charge in [0.25, 0.3) is 0 Å². The molecule has 7 heteroatoms. The Kier molecular flexibility index (Phi) is 4.85. The summed E-state index contributed by atoms with van der Waals surface area (Å²) >= 11 is 6.06. The predicted molar refractivity (Wildman–Crippen MR) is 90.3 cm³/mol. The van der Waals surface area contributed by atoms with Crippen LogP contribution >= 0.6 is 11.6 Å². The Morgan fingerprint density at radius 2 is 1.92 bits per heavy atom. The molecule has 126 valence electrons. The molecule has 3 rings (SSSR count). The Labute approximate surface area is 145 Å². The van der Waals surface area contributed by atoms with E-state index >= 15 is 0 Å². The average Bonchev–Trinajstić information content (AvgIpc) is 2.93. The van der Waals surface area contributed by atoms with Gasteiger partial charge in [0.15, 0.2) is 0 Å². The van der Waals surface area contributed by atoms with Gasteiger partial charge in [-0.1, -0.05) is 29.8 Å². The van der Waals surface area contributed by atoms with Crippen LogP contribution in [-0.4, -0.2) is 53.3 Å². The molecule has 2 aliphatic heterocycles. The highest BCUT2D eigenvalue weighted by molar-refractivity contribution is 6.32. The second-order valence-electron chi connectivity index (χ2n) is 5.83. The second kappa shape index (κ2) is 7.05. The van der Waals surface area contributed by atoms with E-state index in [9.17, 15) is 14.4 Å². The van der Waals surface area contributed by atoms with Gasteiger partial charge in [-0.05, 0) is 30.5 Å². The number of hydrogen-bond donors (Lipinski definition) is 1. The molecule has 2 fully saturated rings. The summed E-state index contributed by atoms with van der Waals surface area (Å²) in [5, 5.41) is 3.12. The summed E-state index contributed by atoms with van der Waals surface area (Å²) in [6.07, 6.45) is 4.42. The van der Waals surface area contributed by atoms with Crippen molar-refractivity contribution < 1.29 is 14.4 Å². The van der Waals surface area contributed by atoms with Crippen LogP contribution in [0.1, 0.15) is 18.4 Å². The number of hydrogen-bond acceptors (Lipinski definition) is 3. The van der Waals surface area contributed by atoms with E-state index < -0.39 is 0 Å². The first-order valence-electron chi connectivity index (χ1n) is 7.87. The second-order valence-corrected chi connectivity index (χ2v) is 6.24. The van der Waals surface area contributed by atoms with Gasteiger partial charge in [0, 0.05) is 30.2 Å². The molecule has 0 aliphatic carbocycles. The molecule has 0 aromatic heterocycles. The summed E-state index contributed by atoms with van der Waals surface area (Å²) in [5.74, 6) is -0.283. The van der Waals surface area contributed by atoms with Crippen LogP contribution in [0.3, 0.4) is 0 Å². The van der Waals surface area contributed by atoms with Gasteiger partial charge in [-0.2, -0.15) is 0 Å². The first-order chi connectivity index (χ1) is 11.6. The Balaban J connectivity index is 1.56. The lowest BCUT2D eigenvalue weighted by molar-refractivity contribution is -0.129. The van der Waals surface area contributed by atoms with Gasteiger partial charge in [-0.3, -0.25) is 14.5 Å². The van der Waals surface area contributed by atoms with Crippen molar-refractivity contribution in [2.45, 2.75) is 18.9 Å². The largest absolute Gasteiger partial charge is 0.339 e. The number of rotatable bonds is 3. The molecular weight excluding hydrogens is 330 g/mol. The van der Waals surface area contributed by atoms with Gasteiger partial charge < -0.3 is 10.2 Å². The number of amides is 4. The van der Waals surface area contributed by atoms with Crippen molar-refractivity contribution in [2.24, 2.45) is 0 Å². The number of benzene rings is 1. The third-order valence-electron chi connectivity index (χ3n) is 4.33. The number of carbonyl (C=O) groups excluding carboxylic acids is 3. The molecule has 2 heterocycles.